The highest BCUT2D eigenvalue weighted by Gasteiger charge is 2.28. The van der Waals surface area contributed by atoms with Crippen LogP contribution in [0.25, 0.3) is 0 Å². The molecular formula is C12H14O. The molecule has 0 aromatic heterocycles. The summed E-state index contributed by atoms with van der Waals surface area (Å²) in [4.78, 5) is 11.6. The van der Waals surface area contributed by atoms with Crippen molar-refractivity contribution < 1.29 is 4.79 Å². The van der Waals surface area contributed by atoms with Gasteiger partial charge in [-0.25, -0.2) is 0 Å². The molecule has 0 aromatic carbocycles. The molecule has 3 atom stereocenters. The smallest absolute Gasteiger partial charge is 0.162 e. The minimum absolute atomic E-state index is 0.0961. The van der Waals surface area contributed by atoms with E-state index in [-0.39, 0.29) is 11.7 Å². The summed E-state index contributed by atoms with van der Waals surface area (Å²) in [5.41, 5.74) is 0. The van der Waals surface area contributed by atoms with E-state index in [1.165, 1.54) is 0 Å². The van der Waals surface area contributed by atoms with Gasteiger partial charge in [0.2, 0.25) is 0 Å². The number of carbonyl (C=O) groups excluding carboxylic acids is 1. The van der Waals surface area contributed by atoms with Gasteiger partial charge in [-0.2, -0.15) is 0 Å². The van der Waals surface area contributed by atoms with Crippen molar-refractivity contribution in [2.75, 3.05) is 0 Å². The van der Waals surface area contributed by atoms with Crippen molar-refractivity contribution in [3.8, 4) is 0 Å². The van der Waals surface area contributed by atoms with Crippen LogP contribution in [-0.4, -0.2) is 5.78 Å². The molecule has 0 aliphatic heterocycles. The molecular weight excluding hydrogens is 160 g/mol. The fourth-order valence-electron chi connectivity index (χ4n) is 2.11. The first-order chi connectivity index (χ1) is 6.29. The van der Waals surface area contributed by atoms with Gasteiger partial charge in [-0.05, 0) is 24.3 Å². The first-order valence-corrected chi connectivity index (χ1v) is 4.84. The van der Waals surface area contributed by atoms with Gasteiger partial charge in [0, 0.05) is 5.92 Å². The second-order valence-electron chi connectivity index (χ2n) is 3.86. The molecule has 0 radical (unpaired) electrons. The molecule has 13 heavy (non-hydrogen) atoms. The lowest BCUT2D eigenvalue weighted by Gasteiger charge is -2.21. The highest BCUT2D eigenvalue weighted by molar-refractivity contribution is 5.93. The van der Waals surface area contributed by atoms with Crippen molar-refractivity contribution in [1.82, 2.24) is 0 Å². The Kier molecular flexibility index (Phi) is 2.17. The Morgan fingerprint density at radius 2 is 2.08 bits per heavy atom. The van der Waals surface area contributed by atoms with E-state index < -0.39 is 0 Å². The molecule has 0 saturated heterocycles. The topological polar surface area (TPSA) is 17.1 Å². The van der Waals surface area contributed by atoms with Crippen molar-refractivity contribution in [2.45, 2.75) is 13.3 Å². The number of rotatable bonds is 0. The number of allylic oxidation sites excluding steroid dienone is 6. The Labute approximate surface area is 78.8 Å². The summed E-state index contributed by atoms with van der Waals surface area (Å²) in [6.45, 7) is 2.17. The minimum Gasteiger partial charge on any atom is -0.294 e. The van der Waals surface area contributed by atoms with Gasteiger partial charge in [-0.3, -0.25) is 4.79 Å². The minimum atomic E-state index is 0.0961. The summed E-state index contributed by atoms with van der Waals surface area (Å²) >= 11 is 0. The highest BCUT2D eigenvalue weighted by atomic mass is 16.1. The Morgan fingerprint density at radius 3 is 2.92 bits per heavy atom. The van der Waals surface area contributed by atoms with Gasteiger partial charge < -0.3 is 0 Å². The van der Waals surface area contributed by atoms with E-state index in [4.69, 9.17) is 0 Å². The van der Waals surface area contributed by atoms with Crippen LogP contribution in [0, 0.1) is 17.8 Å². The molecule has 0 N–H and O–H groups in total. The summed E-state index contributed by atoms with van der Waals surface area (Å²) < 4.78 is 0. The molecule has 0 amide bonds. The maximum absolute atomic E-state index is 11.6. The number of ketones is 1. The average molecular weight is 174 g/mol. The standard InChI is InChI=1S/C12H14O/c1-9-10-5-2-3-7-11(9)12(13)8-4-6-10/h2-5,7-11H,6H2,1H3/t9-,10+,11+/m1/s1. The van der Waals surface area contributed by atoms with Gasteiger partial charge in [0.15, 0.2) is 5.78 Å². The van der Waals surface area contributed by atoms with Crippen LogP contribution in [0.4, 0.5) is 0 Å². The lowest BCUT2D eigenvalue weighted by molar-refractivity contribution is -0.118. The van der Waals surface area contributed by atoms with E-state index in [0.717, 1.165) is 6.42 Å². The van der Waals surface area contributed by atoms with Crippen LogP contribution in [-0.2, 0) is 4.79 Å². The Hall–Kier alpha value is -1.11. The van der Waals surface area contributed by atoms with Crippen LogP contribution < -0.4 is 0 Å². The third kappa shape index (κ3) is 1.51. The molecule has 0 aromatic rings. The Balaban J connectivity index is 2.37. The molecule has 68 valence electrons. The van der Waals surface area contributed by atoms with Crippen LogP contribution in [0.5, 0.6) is 0 Å². The van der Waals surface area contributed by atoms with E-state index in [2.05, 4.69) is 19.1 Å². The predicted octanol–water partition coefficient (Wildman–Crippen LogP) is 2.51. The van der Waals surface area contributed by atoms with Gasteiger partial charge in [-0.15, -0.1) is 0 Å². The third-order valence-corrected chi connectivity index (χ3v) is 3.05. The molecule has 0 heterocycles. The van der Waals surface area contributed by atoms with Gasteiger partial charge in [0.1, 0.15) is 0 Å². The maximum atomic E-state index is 11.6. The lowest BCUT2D eigenvalue weighted by Crippen LogP contribution is -2.21. The number of hydrogen-bond acceptors (Lipinski definition) is 1. The maximum Gasteiger partial charge on any atom is 0.162 e. The Morgan fingerprint density at radius 1 is 1.31 bits per heavy atom. The summed E-state index contributed by atoms with van der Waals surface area (Å²) in [5, 5.41) is 0. The van der Waals surface area contributed by atoms with Gasteiger partial charge in [0.25, 0.3) is 0 Å². The first-order valence-electron chi connectivity index (χ1n) is 4.84. The van der Waals surface area contributed by atoms with Crippen LogP contribution in [0.15, 0.2) is 36.5 Å². The summed E-state index contributed by atoms with van der Waals surface area (Å²) in [7, 11) is 0. The second kappa shape index (κ2) is 3.33. The van der Waals surface area contributed by atoms with Crippen LogP contribution >= 0.6 is 0 Å². The quantitative estimate of drug-likeness (QED) is 0.551. The van der Waals surface area contributed by atoms with Crippen molar-refractivity contribution in [3.63, 3.8) is 0 Å². The van der Waals surface area contributed by atoms with E-state index >= 15 is 0 Å². The normalized spacial score (nSPS) is 37.3. The van der Waals surface area contributed by atoms with Crippen molar-refractivity contribution in [2.24, 2.45) is 17.8 Å². The molecule has 0 unspecified atom stereocenters. The van der Waals surface area contributed by atoms with E-state index in [1.807, 2.05) is 18.2 Å². The van der Waals surface area contributed by atoms with Gasteiger partial charge >= 0.3 is 0 Å². The predicted molar refractivity (Wildman–Crippen MR) is 53.2 cm³/mol. The van der Waals surface area contributed by atoms with Gasteiger partial charge in [-0.1, -0.05) is 37.3 Å². The molecule has 0 saturated carbocycles. The van der Waals surface area contributed by atoms with E-state index in [0.29, 0.717) is 11.8 Å². The molecule has 2 bridgehead atoms. The van der Waals surface area contributed by atoms with Crippen molar-refractivity contribution in [3.05, 3.63) is 36.5 Å². The monoisotopic (exact) mass is 174 g/mol. The van der Waals surface area contributed by atoms with Crippen molar-refractivity contribution >= 4 is 5.78 Å². The number of fused-ring (bicyclic) bond motifs is 2. The molecule has 2 aliphatic carbocycles. The number of carbonyl (C=O) groups is 1. The second-order valence-corrected chi connectivity index (χ2v) is 3.86. The van der Waals surface area contributed by atoms with Gasteiger partial charge in [0.05, 0.1) is 0 Å². The summed E-state index contributed by atoms with van der Waals surface area (Å²) in [6, 6.07) is 0. The fraction of sp³-hybridized carbons (Fsp3) is 0.417. The SMILES string of the molecule is C[C@H]1[C@@H]2C=CC=C[C@H]1CC=CC2=O. The van der Waals surface area contributed by atoms with E-state index in [9.17, 15) is 4.79 Å². The lowest BCUT2D eigenvalue weighted by atomic mass is 9.82. The fourth-order valence-corrected chi connectivity index (χ4v) is 2.11. The number of hydrogen-bond donors (Lipinski definition) is 0. The highest BCUT2D eigenvalue weighted by Crippen LogP contribution is 2.31. The largest absolute Gasteiger partial charge is 0.294 e. The van der Waals surface area contributed by atoms with Crippen LogP contribution in [0.3, 0.4) is 0 Å². The third-order valence-electron chi connectivity index (χ3n) is 3.05. The summed E-state index contributed by atoms with van der Waals surface area (Å²) in [5.74, 6) is 1.33. The van der Waals surface area contributed by atoms with Crippen LogP contribution in [0.2, 0.25) is 0 Å². The van der Waals surface area contributed by atoms with Crippen molar-refractivity contribution in [1.29, 1.82) is 0 Å². The first kappa shape index (κ1) is 8.49. The zero-order chi connectivity index (χ0) is 9.26. The summed E-state index contributed by atoms with van der Waals surface area (Å²) in [6.07, 6.45) is 13.0. The molecule has 2 rings (SSSR count). The average Bonchev–Trinajstić information content (AvgIpc) is 2.36. The molecule has 1 nitrogen and oxygen atoms in total. The molecule has 0 fully saturated rings. The van der Waals surface area contributed by atoms with Crippen LogP contribution in [0.1, 0.15) is 13.3 Å². The van der Waals surface area contributed by atoms with E-state index in [1.54, 1.807) is 6.08 Å². The molecule has 1 heteroatoms. The zero-order valence-electron chi connectivity index (χ0n) is 7.81. The zero-order valence-corrected chi connectivity index (χ0v) is 7.81. The molecule has 2 aliphatic rings. The molecule has 0 spiro atoms. The Bertz CT molecular complexity index is 296.